The minimum Gasteiger partial charge on any atom is -0.466 e. The lowest BCUT2D eigenvalue weighted by Gasteiger charge is -2.06. The second-order valence-corrected chi connectivity index (χ2v) is 5.33. The van der Waals surface area contributed by atoms with Crippen molar-refractivity contribution in [3.63, 3.8) is 0 Å². The van der Waals surface area contributed by atoms with Crippen LogP contribution in [0.2, 0.25) is 0 Å². The molecule has 0 amide bonds. The van der Waals surface area contributed by atoms with E-state index >= 15 is 0 Å². The van der Waals surface area contributed by atoms with Gasteiger partial charge in [-0.2, -0.15) is 0 Å². The lowest BCUT2D eigenvalue weighted by molar-refractivity contribution is -0.385. The summed E-state index contributed by atoms with van der Waals surface area (Å²) >= 11 is 0. The number of para-hydroxylation sites is 2. The largest absolute Gasteiger partial charge is 0.466 e. The van der Waals surface area contributed by atoms with E-state index in [1.54, 1.807) is 6.07 Å². The van der Waals surface area contributed by atoms with Crippen LogP contribution in [0, 0.1) is 10.1 Å². The summed E-state index contributed by atoms with van der Waals surface area (Å²) < 4.78 is 10.0. The maximum atomic E-state index is 11.7. The molecule has 0 aliphatic heterocycles. The molecule has 0 aliphatic carbocycles. The number of nitrogens with zero attached hydrogens (tertiary/aromatic N) is 1. The topological polar surface area (TPSA) is 95.7 Å². The van der Waals surface area contributed by atoms with Crippen LogP contribution < -0.4 is 4.74 Å². The monoisotopic (exact) mass is 337 g/mol. The zero-order valence-corrected chi connectivity index (χ0v) is 13.9. The first-order valence-corrected chi connectivity index (χ1v) is 8.14. The quantitative estimate of drug-likeness (QED) is 0.200. The predicted octanol–water partition coefficient (Wildman–Crippen LogP) is 3.79. The molecule has 0 aliphatic rings. The van der Waals surface area contributed by atoms with E-state index in [9.17, 15) is 19.7 Å². The van der Waals surface area contributed by atoms with Gasteiger partial charge in [0.25, 0.3) is 0 Å². The molecule has 0 fully saturated rings. The van der Waals surface area contributed by atoms with Crippen molar-refractivity contribution in [2.24, 2.45) is 0 Å². The van der Waals surface area contributed by atoms with Gasteiger partial charge in [-0.1, -0.05) is 38.3 Å². The average Bonchev–Trinajstić information content (AvgIpc) is 2.55. The van der Waals surface area contributed by atoms with E-state index < -0.39 is 10.9 Å². The maximum absolute atomic E-state index is 11.7. The summed E-state index contributed by atoms with van der Waals surface area (Å²) in [6.45, 7) is 2.51. The molecule has 0 saturated carbocycles. The highest BCUT2D eigenvalue weighted by Crippen LogP contribution is 2.26. The second kappa shape index (κ2) is 11.2. The Morgan fingerprint density at radius 2 is 1.75 bits per heavy atom. The van der Waals surface area contributed by atoms with Crippen LogP contribution in [-0.2, 0) is 14.3 Å². The van der Waals surface area contributed by atoms with Crippen LogP contribution in [0.5, 0.6) is 5.75 Å². The number of hydrogen-bond donors (Lipinski definition) is 0. The second-order valence-electron chi connectivity index (χ2n) is 5.33. The molecule has 24 heavy (non-hydrogen) atoms. The molecule has 0 radical (unpaired) electrons. The molecule has 7 nitrogen and oxygen atoms in total. The molecule has 0 bridgehead atoms. The van der Waals surface area contributed by atoms with Gasteiger partial charge < -0.3 is 9.47 Å². The molecule has 0 atom stereocenters. The van der Waals surface area contributed by atoms with Crippen molar-refractivity contribution < 1.29 is 24.0 Å². The summed E-state index contributed by atoms with van der Waals surface area (Å²) in [4.78, 5) is 33.4. The predicted molar refractivity (Wildman–Crippen MR) is 87.7 cm³/mol. The Bertz CT molecular complexity index is 558. The molecular weight excluding hydrogens is 314 g/mol. The highest BCUT2D eigenvalue weighted by molar-refractivity contribution is 5.75. The molecule has 0 aromatic heterocycles. The van der Waals surface area contributed by atoms with E-state index in [1.807, 2.05) is 0 Å². The fourth-order valence-electron chi connectivity index (χ4n) is 2.03. The molecule has 0 N–H and O–H groups in total. The Kier molecular flexibility index (Phi) is 9.11. The van der Waals surface area contributed by atoms with Gasteiger partial charge in [0.1, 0.15) is 0 Å². The van der Waals surface area contributed by atoms with Crippen molar-refractivity contribution in [3.05, 3.63) is 34.4 Å². The minimum absolute atomic E-state index is 0.00299. The fraction of sp³-hybridized carbons (Fsp3) is 0.529. The number of ether oxygens (including phenoxy) is 2. The van der Waals surface area contributed by atoms with Gasteiger partial charge in [0.15, 0.2) is 0 Å². The highest BCUT2D eigenvalue weighted by Gasteiger charge is 2.17. The van der Waals surface area contributed by atoms with Crippen LogP contribution in [0.1, 0.15) is 51.9 Å². The normalized spacial score (nSPS) is 10.2. The zero-order chi connectivity index (χ0) is 17.8. The number of nitro benzene ring substituents is 1. The Hall–Kier alpha value is -2.44. The lowest BCUT2D eigenvalue weighted by atomic mass is 10.2. The van der Waals surface area contributed by atoms with Gasteiger partial charge in [0, 0.05) is 18.9 Å². The maximum Gasteiger partial charge on any atom is 0.311 e. The van der Waals surface area contributed by atoms with Gasteiger partial charge in [-0.25, -0.2) is 0 Å². The van der Waals surface area contributed by atoms with Crippen molar-refractivity contribution in [1.82, 2.24) is 0 Å². The Balaban J connectivity index is 2.25. The third-order valence-electron chi connectivity index (χ3n) is 3.31. The van der Waals surface area contributed by atoms with E-state index in [0.29, 0.717) is 6.61 Å². The average molecular weight is 337 g/mol. The first-order chi connectivity index (χ1) is 11.5. The first-order valence-electron chi connectivity index (χ1n) is 8.14. The van der Waals surface area contributed by atoms with Crippen LogP contribution in [0.3, 0.4) is 0 Å². The number of esters is 2. The van der Waals surface area contributed by atoms with Crippen molar-refractivity contribution in [1.29, 1.82) is 0 Å². The van der Waals surface area contributed by atoms with Crippen molar-refractivity contribution in [3.8, 4) is 5.75 Å². The summed E-state index contributed by atoms with van der Waals surface area (Å²) in [6, 6.07) is 5.66. The van der Waals surface area contributed by atoms with Crippen LogP contribution >= 0.6 is 0 Å². The van der Waals surface area contributed by atoms with E-state index in [1.165, 1.54) is 18.2 Å². The molecule has 132 valence electrons. The molecule has 0 spiro atoms. The molecule has 1 aromatic rings. The number of unbranched alkanes of at least 4 members (excludes halogenated alkanes) is 3. The third kappa shape index (κ3) is 7.71. The van der Waals surface area contributed by atoms with Crippen molar-refractivity contribution in [2.75, 3.05) is 6.61 Å². The number of carbonyl (C=O) groups excluding carboxylic acids is 2. The summed E-state index contributed by atoms with van der Waals surface area (Å²) in [5.74, 6) is -1.05. The van der Waals surface area contributed by atoms with Crippen LogP contribution in [0.25, 0.3) is 0 Å². The van der Waals surface area contributed by atoms with Crippen molar-refractivity contribution >= 4 is 17.6 Å². The van der Waals surface area contributed by atoms with Gasteiger partial charge in [-0.15, -0.1) is 0 Å². The lowest BCUT2D eigenvalue weighted by Crippen LogP contribution is -2.11. The standard InChI is InChI=1S/C17H23NO6/c1-2-3-4-7-13-23-16(19)11-8-12-17(20)24-15-10-6-5-9-14(15)18(21)22/h5-6,9-10H,2-4,7-8,11-13H2,1H3. The fourth-order valence-corrected chi connectivity index (χ4v) is 2.03. The number of hydrogen-bond acceptors (Lipinski definition) is 6. The summed E-state index contributed by atoms with van der Waals surface area (Å²) in [5.41, 5.74) is -0.266. The number of rotatable bonds is 11. The summed E-state index contributed by atoms with van der Waals surface area (Å²) in [7, 11) is 0. The minimum atomic E-state index is -0.613. The Morgan fingerprint density at radius 3 is 2.46 bits per heavy atom. The molecular formula is C17H23NO6. The molecule has 1 aromatic carbocycles. The summed E-state index contributed by atoms with van der Waals surface area (Å²) in [6.07, 6.45) is 4.53. The van der Waals surface area contributed by atoms with Crippen LogP contribution in [0.4, 0.5) is 5.69 Å². The first kappa shape index (κ1) is 19.6. The number of carbonyl (C=O) groups is 2. The van der Waals surface area contributed by atoms with Gasteiger partial charge in [0.05, 0.1) is 11.5 Å². The van der Waals surface area contributed by atoms with Gasteiger partial charge in [0.2, 0.25) is 5.75 Å². The van der Waals surface area contributed by atoms with Gasteiger partial charge in [-0.05, 0) is 18.9 Å². The zero-order valence-electron chi connectivity index (χ0n) is 13.9. The van der Waals surface area contributed by atoms with E-state index in [-0.39, 0.29) is 36.7 Å². The van der Waals surface area contributed by atoms with E-state index in [0.717, 1.165) is 25.7 Å². The Labute approximate surface area is 141 Å². The highest BCUT2D eigenvalue weighted by atomic mass is 16.6. The molecule has 0 saturated heterocycles. The molecule has 1 rings (SSSR count). The number of benzene rings is 1. The van der Waals surface area contributed by atoms with Crippen molar-refractivity contribution in [2.45, 2.75) is 51.9 Å². The van der Waals surface area contributed by atoms with Gasteiger partial charge >= 0.3 is 17.6 Å². The SMILES string of the molecule is CCCCCCOC(=O)CCCC(=O)Oc1ccccc1[N+](=O)[O-]. The van der Waals surface area contributed by atoms with E-state index in [2.05, 4.69) is 6.92 Å². The van der Waals surface area contributed by atoms with Crippen LogP contribution in [-0.4, -0.2) is 23.5 Å². The Morgan fingerprint density at radius 1 is 1.04 bits per heavy atom. The van der Waals surface area contributed by atoms with E-state index in [4.69, 9.17) is 9.47 Å². The molecule has 0 unspecified atom stereocenters. The smallest absolute Gasteiger partial charge is 0.311 e. The molecule has 7 heteroatoms. The van der Waals surface area contributed by atoms with Crippen LogP contribution in [0.15, 0.2) is 24.3 Å². The third-order valence-corrected chi connectivity index (χ3v) is 3.31. The molecule has 0 heterocycles. The summed E-state index contributed by atoms with van der Waals surface area (Å²) in [5, 5.41) is 10.8. The number of nitro groups is 1. The van der Waals surface area contributed by atoms with Gasteiger partial charge in [-0.3, -0.25) is 19.7 Å².